The Kier molecular flexibility index (Phi) is 3.73. The van der Waals surface area contributed by atoms with Crippen molar-refractivity contribution in [3.05, 3.63) is 53.1 Å². The fourth-order valence-corrected chi connectivity index (χ4v) is 1.46. The monoisotopic (exact) mass is 291 g/mol. The van der Waals surface area contributed by atoms with E-state index in [2.05, 4.69) is 9.72 Å². The van der Waals surface area contributed by atoms with E-state index in [4.69, 9.17) is 0 Å². The molecule has 1 aromatic heterocycles. The number of aromatic nitrogens is 1. The van der Waals surface area contributed by atoms with E-state index in [0.717, 1.165) is 0 Å². The molecule has 0 spiro atoms. The first-order valence-corrected chi connectivity index (χ1v) is 5.25. The Morgan fingerprint density at radius 3 is 2.05 bits per heavy atom. The maximum absolute atomic E-state index is 13.2. The first-order chi connectivity index (χ1) is 9.41. The zero-order valence-corrected chi connectivity index (χ0v) is 9.65. The lowest BCUT2D eigenvalue weighted by atomic mass is 10.2. The lowest BCUT2D eigenvalue weighted by Crippen LogP contribution is -2.15. The van der Waals surface area contributed by atoms with Gasteiger partial charge in [0.25, 0.3) is 0 Å². The molecule has 0 bridgehead atoms. The second-order valence-corrected chi connectivity index (χ2v) is 3.77. The molecule has 8 heteroatoms. The molecule has 0 amide bonds. The van der Waals surface area contributed by atoms with Gasteiger partial charge < -0.3 is 9.72 Å². The summed E-state index contributed by atoms with van der Waals surface area (Å²) >= 11 is 0. The van der Waals surface area contributed by atoms with Crippen LogP contribution in [-0.2, 0) is 11.2 Å². The van der Waals surface area contributed by atoms with Gasteiger partial charge in [0, 0.05) is 12.4 Å². The summed E-state index contributed by atoms with van der Waals surface area (Å²) in [5, 5.41) is 0. The molecule has 20 heavy (non-hydrogen) atoms. The highest BCUT2D eigenvalue weighted by atomic mass is 19.2. The number of esters is 1. The molecular formula is C12H6F5NO2. The molecule has 0 unspecified atom stereocenters. The quantitative estimate of drug-likeness (QED) is 0.311. The number of benzene rings is 1. The first-order valence-electron chi connectivity index (χ1n) is 5.25. The van der Waals surface area contributed by atoms with Crippen LogP contribution >= 0.6 is 0 Å². The van der Waals surface area contributed by atoms with Gasteiger partial charge in [-0.2, -0.15) is 8.78 Å². The van der Waals surface area contributed by atoms with Crippen LogP contribution < -0.4 is 4.74 Å². The third-order valence-electron chi connectivity index (χ3n) is 2.40. The van der Waals surface area contributed by atoms with E-state index in [-0.39, 0.29) is 6.42 Å². The summed E-state index contributed by atoms with van der Waals surface area (Å²) < 4.78 is 69.2. The van der Waals surface area contributed by atoms with Crippen LogP contribution in [0.5, 0.6) is 5.75 Å². The van der Waals surface area contributed by atoms with Crippen molar-refractivity contribution >= 4 is 5.97 Å². The number of halogens is 5. The summed E-state index contributed by atoms with van der Waals surface area (Å²) in [6, 6.07) is 1.49. The minimum Gasteiger partial charge on any atom is -0.420 e. The number of nitrogens with one attached hydrogen (secondary N) is 1. The van der Waals surface area contributed by atoms with Crippen LogP contribution in [0.25, 0.3) is 0 Å². The van der Waals surface area contributed by atoms with E-state index >= 15 is 0 Å². The third-order valence-corrected chi connectivity index (χ3v) is 2.40. The normalized spacial score (nSPS) is 10.7. The first kappa shape index (κ1) is 14.0. The summed E-state index contributed by atoms with van der Waals surface area (Å²) in [5.74, 6) is -13.8. The molecule has 1 N–H and O–H groups in total. The molecule has 0 fully saturated rings. The van der Waals surface area contributed by atoms with Crippen LogP contribution in [0.2, 0.25) is 0 Å². The summed E-state index contributed by atoms with van der Waals surface area (Å²) in [4.78, 5) is 14.0. The molecule has 0 saturated carbocycles. The van der Waals surface area contributed by atoms with Crippen molar-refractivity contribution in [1.82, 2.24) is 4.98 Å². The van der Waals surface area contributed by atoms with E-state index in [1.807, 2.05) is 0 Å². The van der Waals surface area contributed by atoms with Gasteiger partial charge in [-0.3, -0.25) is 4.79 Å². The molecule has 0 radical (unpaired) electrons. The Balaban J connectivity index is 2.27. The van der Waals surface area contributed by atoms with Gasteiger partial charge in [-0.05, 0) is 11.6 Å². The second kappa shape index (κ2) is 5.32. The second-order valence-electron chi connectivity index (χ2n) is 3.77. The van der Waals surface area contributed by atoms with E-state index in [9.17, 15) is 26.7 Å². The fourth-order valence-electron chi connectivity index (χ4n) is 1.46. The van der Waals surface area contributed by atoms with Crippen molar-refractivity contribution in [2.24, 2.45) is 0 Å². The summed E-state index contributed by atoms with van der Waals surface area (Å²) in [5.41, 5.74) is 0.430. The molecule has 2 aromatic rings. The summed E-state index contributed by atoms with van der Waals surface area (Å²) in [6.07, 6.45) is 2.52. The van der Waals surface area contributed by atoms with Gasteiger partial charge in [-0.25, -0.2) is 13.2 Å². The van der Waals surface area contributed by atoms with Gasteiger partial charge in [0.1, 0.15) is 0 Å². The Bertz CT molecular complexity index is 625. The van der Waals surface area contributed by atoms with Gasteiger partial charge in [0.15, 0.2) is 0 Å². The fraction of sp³-hybridized carbons (Fsp3) is 0.0833. The average Bonchev–Trinajstić information content (AvgIpc) is 2.92. The standard InChI is InChI=1S/C12H6F5NO2/c13-7-8(14)10(16)12(11(17)9(7)15)20-6(19)3-5-1-2-18-4-5/h1-2,4,18H,3H2. The van der Waals surface area contributed by atoms with Crippen molar-refractivity contribution in [3.8, 4) is 5.75 Å². The van der Waals surface area contributed by atoms with Crippen LogP contribution in [-0.4, -0.2) is 11.0 Å². The van der Waals surface area contributed by atoms with Crippen molar-refractivity contribution in [3.63, 3.8) is 0 Å². The Labute approximate surface area is 109 Å². The molecule has 0 aliphatic rings. The summed E-state index contributed by atoms with van der Waals surface area (Å²) in [6.45, 7) is 0. The maximum atomic E-state index is 13.2. The molecule has 0 aliphatic carbocycles. The van der Waals surface area contributed by atoms with Crippen LogP contribution in [0.4, 0.5) is 22.0 Å². The molecule has 106 valence electrons. The number of aromatic amines is 1. The topological polar surface area (TPSA) is 42.1 Å². The number of rotatable bonds is 3. The Hall–Kier alpha value is -2.38. The smallest absolute Gasteiger partial charge is 0.315 e. The van der Waals surface area contributed by atoms with Gasteiger partial charge in [-0.15, -0.1) is 0 Å². The SMILES string of the molecule is O=C(Cc1cc[nH]c1)Oc1c(F)c(F)c(F)c(F)c1F. The lowest BCUT2D eigenvalue weighted by Gasteiger charge is -2.08. The van der Waals surface area contributed by atoms with Crippen LogP contribution in [0, 0.1) is 29.1 Å². The molecule has 2 rings (SSSR count). The predicted octanol–water partition coefficient (Wildman–Crippen LogP) is 2.86. The van der Waals surface area contributed by atoms with E-state index in [1.165, 1.54) is 18.5 Å². The minimum atomic E-state index is -2.31. The lowest BCUT2D eigenvalue weighted by molar-refractivity contribution is -0.134. The number of H-pyrrole nitrogens is 1. The van der Waals surface area contributed by atoms with Crippen molar-refractivity contribution < 1.29 is 31.5 Å². The third kappa shape index (κ3) is 2.49. The molecule has 1 aromatic carbocycles. The number of carbonyl (C=O) groups is 1. The van der Waals surface area contributed by atoms with E-state index in [0.29, 0.717) is 5.56 Å². The highest BCUT2D eigenvalue weighted by Crippen LogP contribution is 2.29. The van der Waals surface area contributed by atoms with Crippen molar-refractivity contribution in [2.45, 2.75) is 6.42 Å². The van der Waals surface area contributed by atoms with Crippen molar-refractivity contribution in [1.29, 1.82) is 0 Å². The number of hydrogen-bond donors (Lipinski definition) is 1. The van der Waals surface area contributed by atoms with Crippen LogP contribution in [0.3, 0.4) is 0 Å². The Morgan fingerprint density at radius 1 is 1.00 bits per heavy atom. The number of hydrogen-bond acceptors (Lipinski definition) is 2. The molecule has 1 heterocycles. The van der Waals surface area contributed by atoms with Crippen LogP contribution in [0.15, 0.2) is 18.5 Å². The van der Waals surface area contributed by atoms with Gasteiger partial charge in [-0.1, -0.05) is 0 Å². The van der Waals surface area contributed by atoms with Crippen LogP contribution in [0.1, 0.15) is 5.56 Å². The highest BCUT2D eigenvalue weighted by Gasteiger charge is 2.28. The highest BCUT2D eigenvalue weighted by molar-refractivity contribution is 5.75. The minimum absolute atomic E-state index is 0.386. The molecule has 0 saturated heterocycles. The maximum Gasteiger partial charge on any atom is 0.315 e. The van der Waals surface area contributed by atoms with Gasteiger partial charge in [0.2, 0.25) is 34.8 Å². The molecule has 3 nitrogen and oxygen atoms in total. The largest absolute Gasteiger partial charge is 0.420 e. The van der Waals surface area contributed by atoms with E-state index < -0.39 is 40.8 Å². The molecule has 0 atom stereocenters. The number of carbonyl (C=O) groups excluding carboxylic acids is 1. The van der Waals surface area contributed by atoms with Gasteiger partial charge in [0.05, 0.1) is 6.42 Å². The molecule has 0 aliphatic heterocycles. The predicted molar refractivity (Wildman–Crippen MR) is 56.4 cm³/mol. The van der Waals surface area contributed by atoms with E-state index in [1.54, 1.807) is 0 Å². The summed E-state index contributed by atoms with van der Waals surface area (Å²) in [7, 11) is 0. The number of ether oxygens (including phenoxy) is 1. The molecular weight excluding hydrogens is 285 g/mol. The average molecular weight is 291 g/mol. The Morgan fingerprint density at radius 2 is 1.55 bits per heavy atom. The zero-order valence-electron chi connectivity index (χ0n) is 9.65. The zero-order chi connectivity index (χ0) is 14.9. The van der Waals surface area contributed by atoms with Gasteiger partial charge >= 0.3 is 5.97 Å². The van der Waals surface area contributed by atoms with Crippen molar-refractivity contribution in [2.75, 3.05) is 0 Å².